The third kappa shape index (κ3) is 5.01. The lowest BCUT2D eigenvalue weighted by molar-refractivity contribution is 0.327. The van der Waals surface area contributed by atoms with Crippen LogP contribution in [0.25, 0.3) is 10.1 Å². The standard InChI is InChI=1S/C56H63BN2S/c1-32-27-33(51(2,3)4)19-22-41(32)58-43-28-34(52(5,6)7)29-44-47(43)57(50-48(58)35-17-15-16-18-45(35)60-50)40-21-20-36-46-49(40)59(44)42-31-38-37(54(10,11)23-24-55(38,12)13)30-39(42)56(46,14)26-25-53(36,8)9/h15-22,27-31H,23-26H2,1-14H3. The molecule has 0 spiro atoms. The van der Waals surface area contributed by atoms with E-state index < -0.39 is 0 Å². The van der Waals surface area contributed by atoms with Gasteiger partial charge in [-0.3, -0.25) is 0 Å². The molecule has 2 nitrogen and oxygen atoms in total. The zero-order chi connectivity index (χ0) is 42.4. The highest BCUT2D eigenvalue weighted by molar-refractivity contribution is 7.33. The van der Waals surface area contributed by atoms with Crippen molar-refractivity contribution in [3.05, 3.63) is 123 Å². The number of fused-ring (bicyclic) bond motifs is 10. The van der Waals surface area contributed by atoms with Crippen LogP contribution in [0.1, 0.15) is 160 Å². The molecule has 11 rings (SSSR count). The van der Waals surface area contributed by atoms with Gasteiger partial charge < -0.3 is 9.80 Å². The second kappa shape index (κ2) is 11.8. The fraction of sp³-hybridized carbons (Fsp3) is 0.429. The summed E-state index contributed by atoms with van der Waals surface area (Å²) in [5.74, 6) is 0. The van der Waals surface area contributed by atoms with Gasteiger partial charge in [0.1, 0.15) is 0 Å². The Kier molecular flexibility index (Phi) is 7.59. The molecule has 0 amide bonds. The van der Waals surface area contributed by atoms with E-state index in [1.807, 2.05) is 11.3 Å². The zero-order valence-electron chi connectivity index (χ0n) is 38.7. The Balaban J connectivity index is 1.31. The third-order valence-electron chi connectivity index (χ3n) is 16.2. The quantitative estimate of drug-likeness (QED) is 0.153. The Bertz CT molecular complexity index is 2870. The van der Waals surface area contributed by atoms with Crippen LogP contribution >= 0.6 is 11.3 Å². The highest BCUT2D eigenvalue weighted by Crippen LogP contribution is 2.63. The Morgan fingerprint density at radius 3 is 1.80 bits per heavy atom. The molecule has 60 heavy (non-hydrogen) atoms. The number of hydrogen-bond acceptors (Lipinski definition) is 3. The maximum Gasteiger partial charge on any atom is 0.264 e. The first kappa shape index (κ1) is 38.6. The maximum atomic E-state index is 2.82. The van der Waals surface area contributed by atoms with Crippen molar-refractivity contribution >= 4 is 78.0 Å². The largest absolute Gasteiger partial charge is 0.311 e. The Morgan fingerprint density at radius 2 is 1.15 bits per heavy atom. The van der Waals surface area contributed by atoms with Crippen molar-refractivity contribution in [1.82, 2.24) is 0 Å². The molecule has 3 aliphatic heterocycles. The van der Waals surface area contributed by atoms with E-state index in [1.165, 1.54) is 101 Å². The molecule has 0 saturated heterocycles. The third-order valence-corrected chi connectivity index (χ3v) is 17.5. The average molecular weight is 807 g/mol. The van der Waals surface area contributed by atoms with Crippen molar-refractivity contribution in [2.45, 2.75) is 155 Å². The summed E-state index contributed by atoms with van der Waals surface area (Å²) in [4.78, 5) is 5.52. The molecule has 4 heteroatoms. The van der Waals surface area contributed by atoms with E-state index in [-0.39, 0.29) is 39.2 Å². The van der Waals surface area contributed by atoms with E-state index >= 15 is 0 Å². The van der Waals surface area contributed by atoms with E-state index in [2.05, 4.69) is 186 Å². The topological polar surface area (TPSA) is 6.48 Å². The summed E-state index contributed by atoms with van der Waals surface area (Å²) in [5.41, 5.74) is 23.3. The molecule has 2 aliphatic carbocycles. The molecular weight excluding hydrogens is 744 g/mol. The minimum Gasteiger partial charge on any atom is -0.311 e. The highest BCUT2D eigenvalue weighted by atomic mass is 32.1. The lowest BCUT2D eigenvalue weighted by atomic mass is 9.35. The lowest BCUT2D eigenvalue weighted by Gasteiger charge is -2.55. The predicted octanol–water partition coefficient (Wildman–Crippen LogP) is 13.9. The Hall–Kier alpha value is -4.28. The van der Waals surface area contributed by atoms with Crippen LogP contribution in [0.15, 0.2) is 78.9 Å². The van der Waals surface area contributed by atoms with Gasteiger partial charge in [-0.25, -0.2) is 0 Å². The SMILES string of the molecule is Cc1cc(C(C)(C)C)ccc1N1c2cc(C(C)(C)C)cc3c2B(c2ccc4c5c2N3c2cc3c(cc2C5(C)CCC4(C)C)C(C)(C)CCC3(C)C)c2sc3ccccc3c21. The molecule has 0 saturated carbocycles. The first-order valence-corrected chi connectivity index (χ1v) is 23.6. The number of anilines is 6. The number of thiophene rings is 1. The molecule has 0 radical (unpaired) electrons. The zero-order valence-corrected chi connectivity index (χ0v) is 39.5. The van der Waals surface area contributed by atoms with Crippen molar-refractivity contribution in [1.29, 1.82) is 0 Å². The van der Waals surface area contributed by atoms with Gasteiger partial charge in [0.15, 0.2) is 0 Å². The van der Waals surface area contributed by atoms with Gasteiger partial charge in [0.05, 0.1) is 11.4 Å². The lowest BCUT2D eigenvalue weighted by Crippen LogP contribution is -2.62. The monoisotopic (exact) mass is 806 g/mol. The fourth-order valence-corrected chi connectivity index (χ4v) is 13.6. The molecule has 1 unspecified atom stereocenters. The normalized spacial score (nSPS) is 21.3. The summed E-state index contributed by atoms with van der Waals surface area (Å²) in [6, 6.07) is 32.3. The molecule has 306 valence electrons. The molecule has 1 atom stereocenters. The van der Waals surface area contributed by atoms with Crippen molar-refractivity contribution in [3.8, 4) is 0 Å². The van der Waals surface area contributed by atoms with Crippen LogP contribution in [-0.2, 0) is 32.5 Å². The number of hydrogen-bond donors (Lipinski definition) is 0. The number of rotatable bonds is 1. The van der Waals surface area contributed by atoms with E-state index in [0.717, 1.165) is 6.42 Å². The van der Waals surface area contributed by atoms with E-state index in [9.17, 15) is 0 Å². The number of benzene rings is 5. The van der Waals surface area contributed by atoms with Crippen molar-refractivity contribution < 1.29 is 0 Å². The van der Waals surface area contributed by atoms with Gasteiger partial charge in [-0.05, 0) is 145 Å². The molecular formula is C56H63BN2S. The molecule has 6 aromatic rings. The molecule has 1 aromatic heterocycles. The maximum absolute atomic E-state index is 2.82. The molecule has 4 heterocycles. The number of aryl methyl sites for hydroxylation is 1. The first-order chi connectivity index (χ1) is 28.0. The van der Waals surface area contributed by atoms with Gasteiger partial charge in [-0.2, -0.15) is 0 Å². The summed E-state index contributed by atoms with van der Waals surface area (Å²) in [6.45, 7) is 34.3. The van der Waals surface area contributed by atoms with E-state index in [4.69, 9.17) is 0 Å². The average Bonchev–Trinajstić information content (AvgIpc) is 3.56. The summed E-state index contributed by atoms with van der Waals surface area (Å²) in [7, 11) is 0. The van der Waals surface area contributed by atoms with E-state index in [1.54, 1.807) is 22.3 Å². The van der Waals surface area contributed by atoms with Gasteiger partial charge in [-0.1, -0.05) is 139 Å². The van der Waals surface area contributed by atoms with E-state index in [0.29, 0.717) is 0 Å². The van der Waals surface area contributed by atoms with Crippen LogP contribution in [0.4, 0.5) is 34.1 Å². The van der Waals surface area contributed by atoms with Gasteiger partial charge in [0.2, 0.25) is 0 Å². The summed E-state index contributed by atoms with van der Waals surface area (Å²) < 4.78 is 2.84. The Labute approximate surface area is 364 Å². The van der Waals surface area contributed by atoms with Crippen LogP contribution < -0.4 is 25.5 Å². The van der Waals surface area contributed by atoms with Gasteiger partial charge >= 0.3 is 0 Å². The first-order valence-electron chi connectivity index (χ1n) is 22.8. The van der Waals surface area contributed by atoms with Crippen LogP contribution in [0.5, 0.6) is 0 Å². The smallest absolute Gasteiger partial charge is 0.264 e. The molecule has 0 fully saturated rings. The minimum atomic E-state index is -0.0910. The predicted molar refractivity (Wildman–Crippen MR) is 262 cm³/mol. The van der Waals surface area contributed by atoms with Crippen LogP contribution in [0, 0.1) is 6.92 Å². The molecule has 5 aromatic carbocycles. The van der Waals surface area contributed by atoms with Crippen molar-refractivity contribution in [2.75, 3.05) is 9.80 Å². The highest BCUT2D eigenvalue weighted by Gasteiger charge is 2.55. The Morgan fingerprint density at radius 1 is 0.550 bits per heavy atom. The van der Waals surface area contributed by atoms with Gasteiger partial charge in [-0.15, -0.1) is 11.3 Å². The molecule has 5 aliphatic rings. The van der Waals surface area contributed by atoms with Crippen LogP contribution in [0.2, 0.25) is 0 Å². The summed E-state index contributed by atoms with van der Waals surface area (Å²) >= 11 is 2.02. The molecule has 0 bridgehead atoms. The van der Waals surface area contributed by atoms with Crippen LogP contribution in [-0.4, -0.2) is 6.71 Å². The van der Waals surface area contributed by atoms with Crippen LogP contribution in [0.3, 0.4) is 0 Å². The summed E-state index contributed by atoms with van der Waals surface area (Å²) in [6.07, 6.45) is 4.76. The van der Waals surface area contributed by atoms with Gasteiger partial charge in [0, 0.05) is 43.0 Å². The van der Waals surface area contributed by atoms with Gasteiger partial charge in [0.25, 0.3) is 6.71 Å². The minimum absolute atomic E-state index is 0.0673. The summed E-state index contributed by atoms with van der Waals surface area (Å²) in [5, 5.41) is 1.35. The number of nitrogens with zero attached hydrogens (tertiary/aromatic N) is 2. The molecule has 0 N–H and O–H groups in total. The van der Waals surface area contributed by atoms with Crippen molar-refractivity contribution in [2.24, 2.45) is 0 Å². The van der Waals surface area contributed by atoms with Crippen molar-refractivity contribution in [3.63, 3.8) is 0 Å². The second-order valence-corrected chi connectivity index (χ2v) is 24.8. The fourth-order valence-electron chi connectivity index (χ4n) is 12.3. The second-order valence-electron chi connectivity index (χ2n) is 23.7.